The van der Waals surface area contributed by atoms with Gasteiger partial charge in [0.1, 0.15) is 23.2 Å². The second-order valence-electron chi connectivity index (χ2n) is 9.37. The molecule has 2 aromatic heterocycles. The Balaban J connectivity index is 0.00000342. The summed E-state index contributed by atoms with van der Waals surface area (Å²) in [5.41, 5.74) is 8.46. The molecule has 1 fully saturated rings. The van der Waals surface area contributed by atoms with Crippen LogP contribution in [0.15, 0.2) is 48.8 Å². The number of benzene rings is 1. The van der Waals surface area contributed by atoms with Crippen LogP contribution in [0, 0.1) is 5.41 Å². The summed E-state index contributed by atoms with van der Waals surface area (Å²) >= 11 is 0. The molecule has 0 unspecified atom stereocenters. The van der Waals surface area contributed by atoms with E-state index < -0.39 is 11.8 Å². The van der Waals surface area contributed by atoms with Gasteiger partial charge in [-0.15, -0.1) is 0 Å². The number of carbonyl (C=O) groups is 2. The van der Waals surface area contributed by atoms with Crippen molar-refractivity contribution in [3.63, 3.8) is 0 Å². The molecule has 3 heterocycles. The zero-order chi connectivity index (χ0) is 24.5. The zero-order valence-corrected chi connectivity index (χ0v) is 20.1. The van der Waals surface area contributed by atoms with Gasteiger partial charge in [-0.2, -0.15) is 0 Å². The Morgan fingerprint density at radius 2 is 1.74 bits per heavy atom. The lowest BCUT2D eigenvalue weighted by Gasteiger charge is -2.32. The highest BCUT2D eigenvalue weighted by molar-refractivity contribution is 5.96. The third kappa shape index (κ3) is 6.15. The van der Waals surface area contributed by atoms with Gasteiger partial charge in [0.25, 0.3) is 5.91 Å². The van der Waals surface area contributed by atoms with Crippen LogP contribution in [-0.2, 0) is 9.47 Å². The third-order valence-electron chi connectivity index (χ3n) is 5.58. The van der Waals surface area contributed by atoms with Crippen molar-refractivity contribution in [3.8, 4) is 11.3 Å². The van der Waals surface area contributed by atoms with Gasteiger partial charge in [-0.3, -0.25) is 10.2 Å². The molecule has 10 heteroatoms. The number of hydrogen-bond acceptors (Lipinski definition) is 6. The van der Waals surface area contributed by atoms with Crippen molar-refractivity contribution in [3.05, 3.63) is 59.9 Å². The standard InChI is InChI=1S/C25H29N5O4.H2O/c1-25(2,3)34-24(32)33-19-9-12-29(13-10-19)23(31)18-8-11-30-15-20(28-21(30)14-18)16-4-6-17(7-5-16)22(26)27;/h4-8,11,14-15,19H,9-10,12-13H2,1-3H3,(H3,26,27);1H2. The first kappa shape index (κ1) is 25.7. The first-order chi connectivity index (χ1) is 16.1. The topological polar surface area (TPSA) is 155 Å². The van der Waals surface area contributed by atoms with E-state index in [2.05, 4.69) is 4.98 Å². The van der Waals surface area contributed by atoms with E-state index in [0.29, 0.717) is 42.7 Å². The molecule has 186 valence electrons. The molecule has 1 amide bonds. The summed E-state index contributed by atoms with van der Waals surface area (Å²) in [4.78, 5) is 31.4. The average Bonchev–Trinajstić information content (AvgIpc) is 3.21. The van der Waals surface area contributed by atoms with E-state index in [1.54, 1.807) is 49.9 Å². The molecular weight excluding hydrogens is 450 g/mol. The number of carbonyl (C=O) groups excluding carboxylic acids is 2. The van der Waals surface area contributed by atoms with Gasteiger partial charge in [0.2, 0.25) is 0 Å². The summed E-state index contributed by atoms with van der Waals surface area (Å²) < 4.78 is 12.5. The van der Waals surface area contributed by atoms with Crippen LogP contribution in [0.3, 0.4) is 0 Å². The molecule has 0 spiro atoms. The molecule has 0 saturated carbocycles. The monoisotopic (exact) mass is 481 g/mol. The van der Waals surface area contributed by atoms with Crippen LogP contribution in [0.1, 0.15) is 49.5 Å². The number of imidazole rings is 1. The molecule has 0 aliphatic carbocycles. The lowest BCUT2D eigenvalue weighted by atomic mass is 10.1. The van der Waals surface area contributed by atoms with Crippen molar-refractivity contribution in [1.29, 1.82) is 5.41 Å². The number of nitrogen functional groups attached to an aromatic ring is 1. The minimum atomic E-state index is -0.672. The molecule has 1 saturated heterocycles. The van der Waals surface area contributed by atoms with Crippen LogP contribution in [0.25, 0.3) is 16.9 Å². The van der Waals surface area contributed by atoms with Gasteiger partial charge in [0.15, 0.2) is 0 Å². The number of fused-ring (bicyclic) bond motifs is 1. The molecule has 5 N–H and O–H groups in total. The van der Waals surface area contributed by atoms with Gasteiger partial charge in [-0.25, -0.2) is 9.78 Å². The number of amidine groups is 1. The SMILES string of the molecule is CC(C)(C)OC(=O)OC1CCN(C(=O)c2ccn3cc(-c4ccc(C(=N)N)cc4)nc3c2)CC1.O. The van der Waals surface area contributed by atoms with E-state index in [1.165, 1.54) is 0 Å². The van der Waals surface area contributed by atoms with Crippen molar-refractivity contribution in [1.82, 2.24) is 14.3 Å². The second-order valence-corrected chi connectivity index (χ2v) is 9.37. The Labute approximate surface area is 203 Å². The van der Waals surface area contributed by atoms with E-state index in [9.17, 15) is 9.59 Å². The van der Waals surface area contributed by atoms with Crippen LogP contribution >= 0.6 is 0 Å². The lowest BCUT2D eigenvalue weighted by molar-refractivity contribution is -0.0375. The quantitative estimate of drug-likeness (QED) is 0.332. The minimum Gasteiger partial charge on any atom is -0.431 e. The molecule has 3 aromatic rings. The number of rotatable bonds is 4. The van der Waals surface area contributed by atoms with Crippen molar-refractivity contribution in [2.75, 3.05) is 13.1 Å². The smallest absolute Gasteiger partial charge is 0.431 e. The third-order valence-corrected chi connectivity index (χ3v) is 5.58. The Kier molecular flexibility index (Phi) is 7.45. The molecule has 0 radical (unpaired) electrons. The molecule has 0 atom stereocenters. The maximum absolute atomic E-state index is 13.1. The Bertz CT molecular complexity index is 1220. The second kappa shape index (κ2) is 10.1. The van der Waals surface area contributed by atoms with Gasteiger partial charge in [-0.05, 0) is 32.9 Å². The number of pyridine rings is 1. The van der Waals surface area contributed by atoms with Gasteiger partial charge in [-0.1, -0.05) is 24.3 Å². The minimum absolute atomic E-state index is 0. The van der Waals surface area contributed by atoms with Crippen molar-refractivity contribution < 1.29 is 24.5 Å². The maximum Gasteiger partial charge on any atom is 0.509 e. The Morgan fingerprint density at radius 3 is 2.34 bits per heavy atom. The summed E-state index contributed by atoms with van der Waals surface area (Å²) in [6.45, 7) is 6.37. The number of aromatic nitrogens is 2. The van der Waals surface area contributed by atoms with Crippen LogP contribution in [0.4, 0.5) is 4.79 Å². The molecule has 4 rings (SSSR count). The maximum atomic E-state index is 13.1. The van der Waals surface area contributed by atoms with Gasteiger partial charge in [0, 0.05) is 55.0 Å². The summed E-state index contributed by atoms with van der Waals surface area (Å²) in [5, 5.41) is 7.51. The van der Waals surface area contributed by atoms with Crippen molar-refractivity contribution >= 4 is 23.5 Å². The van der Waals surface area contributed by atoms with Gasteiger partial charge < -0.3 is 30.0 Å². The fourth-order valence-electron chi connectivity index (χ4n) is 3.84. The van der Waals surface area contributed by atoms with E-state index in [0.717, 1.165) is 11.3 Å². The van der Waals surface area contributed by atoms with Crippen LogP contribution in [0.5, 0.6) is 0 Å². The van der Waals surface area contributed by atoms with Crippen LogP contribution < -0.4 is 5.73 Å². The molecule has 10 nitrogen and oxygen atoms in total. The summed E-state index contributed by atoms with van der Waals surface area (Å²) in [5.74, 6) is -0.0567. The summed E-state index contributed by atoms with van der Waals surface area (Å²) in [7, 11) is 0. The largest absolute Gasteiger partial charge is 0.509 e. The first-order valence-electron chi connectivity index (χ1n) is 11.2. The van der Waals surface area contributed by atoms with E-state index in [1.807, 2.05) is 28.9 Å². The number of likely N-dealkylation sites (tertiary alicyclic amines) is 1. The molecule has 35 heavy (non-hydrogen) atoms. The van der Waals surface area contributed by atoms with Crippen LogP contribution in [0.2, 0.25) is 0 Å². The first-order valence-corrected chi connectivity index (χ1v) is 11.2. The fraction of sp³-hybridized carbons (Fsp3) is 0.360. The number of ether oxygens (including phenoxy) is 2. The number of piperidine rings is 1. The number of amides is 1. The van der Waals surface area contributed by atoms with E-state index in [-0.39, 0.29) is 23.3 Å². The molecule has 1 aromatic carbocycles. The number of nitrogens with zero attached hydrogens (tertiary/aromatic N) is 3. The normalized spacial score (nSPS) is 14.3. The summed E-state index contributed by atoms with van der Waals surface area (Å²) in [6.07, 6.45) is 3.92. The highest BCUT2D eigenvalue weighted by atomic mass is 16.7. The molecular formula is C25H31N5O5. The highest BCUT2D eigenvalue weighted by Gasteiger charge is 2.28. The number of hydrogen-bond donors (Lipinski definition) is 2. The Morgan fingerprint density at radius 1 is 1.09 bits per heavy atom. The predicted octanol–water partition coefficient (Wildman–Crippen LogP) is 3.02. The number of nitrogens with two attached hydrogens (primary N) is 1. The Hall–Kier alpha value is -3.92. The van der Waals surface area contributed by atoms with Gasteiger partial charge >= 0.3 is 6.16 Å². The van der Waals surface area contributed by atoms with E-state index in [4.69, 9.17) is 20.6 Å². The van der Waals surface area contributed by atoms with Crippen molar-refractivity contribution in [2.24, 2.45) is 5.73 Å². The summed E-state index contributed by atoms with van der Waals surface area (Å²) in [6, 6.07) is 10.9. The van der Waals surface area contributed by atoms with E-state index >= 15 is 0 Å². The number of nitrogens with one attached hydrogen (secondary N) is 1. The lowest BCUT2D eigenvalue weighted by Crippen LogP contribution is -2.42. The predicted molar refractivity (Wildman–Crippen MR) is 132 cm³/mol. The molecule has 0 bridgehead atoms. The highest BCUT2D eigenvalue weighted by Crippen LogP contribution is 2.22. The average molecular weight is 482 g/mol. The zero-order valence-electron chi connectivity index (χ0n) is 20.1. The van der Waals surface area contributed by atoms with Crippen LogP contribution in [-0.4, -0.2) is 62.5 Å². The molecule has 1 aliphatic heterocycles. The van der Waals surface area contributed by atoms with Crippen molar-refractivity contribution in [2.45, 2.75) is 45.3 Å². The fourth-order valence-corrected chi connectivity index (χ4v) is 3.84. The molecule has 1 aliphatic rings. The van der Waals surface area contributed by atoms with Gasteiger partial charge in [0.05, 0.1) is 5.69 Å².